The zero-order chi connectivity index (χ0) is 24.6. The Labute approximate surface area is 191 Å². The second kappa shape index (κ2) is 9.07. The number of benzene rings is 1. The Morgan fingerprint density at radius 2 is 1.97 bits per heavy atom. The number of halogens is 3. The molecule has 1 saturated heterocycles. The zero-order valence-electron chi connectivity index (χ0n) is 18.9. The van der Waals surface area contributed by atoms with Crippen molar-refractivity contribution >= 4 is 27.5 Å². The summed E-state index contributed by atoms with van der Waals surface area (Å²) in [6, 6.07) is 4.09. The van der Waals surface area contributed by atoms with E-state index in [0.717, 1.165) is 0 Å². The van der Waals surface area contributed by atoms with Crippen LogP contribution in [0.2, 0.25) is 0 Å². The number of hydrogen-bond acceptors (Lipinski definition) is 7. The van der Waals surface area contributed by atoms with Crippen molar-refractivity contribution in [1.29, 1.82) is 0 Å². The van der Waals surface area contributed by atoms with E-state index in [1.54, 1.807) is 27.7 Å². The average molecular weight is 488 g/mol. The molecule has 2 aromatic rings. The number of aryl methyl sites for hydroxylation is 1. The Hall–Kier alpha value is -2.44. The summed E-state index contributed by atoms with van der Waals surface area (Å²) in [6.07, 6.45) is -2.93. The highest BCUT2D eigenvalue weighted by atomic mass is 32.2. The first-order valence-electron chi connectivity index (χ1n) is 10.5. The van der Waals surface area contributed by atoms with Gasteiger partial charge in [0.15, 0.2) is 0 Å². The van der Waals surface area contributed by atoms with Crippen LogP contribution in [0.15, 0.2) is 29.3 Å². The zero-order valence-corrected chi connectivity index (χ0v) is 19.7. The lowest BCUT2D eigenvalue weighted by atomic mass is 9.95. The van der Waals surface area contributed by atoms with E-state index in [-0.39, 0.29) is 29.2 Å². The number of β-amino-alcohol motifs (C(OH)–C–C–N with tert-alkyl or cyclic N) is 1. The number of rotatable bonds is 6. The van der Waals surface area contributed by atoms with E-state index in [2.05, 4.69) is 20.0 Å². The topological polar surface area (TPSA) is 107 Å². The molecule has 2 heterocycles. The summed E-state index contributed by atoms with van der Waals surface area (Å²) < 4.78 is 68.1. The van der Waals surface area contributed by atoms with Gasteiger partial charge in [-0.2, -0.15) is 18.2 Å². The SMILES string of the molecule is Cc1cc(S(=O)(=O)NC(C)C)ccc1Nc1ncc(C(F)(F)F)c(N2CCCC(C)(O)C2)n1. The van der Waals surface area contributed by atoms with Gasteiger partial charge < -0.3 is 15.3 Å². The van der Waals surface area contributed by atoms with Gasteiger partial charge in [0.2, 0.25) is 16.0 Å². The first kappa shape index (κ1) is 25.2. The predicted octanol–water partition coefficient (Wildman–Crippen LogP) is 3.59. The minimum atomic E-state index is -4.66. The van der Waals surface area contributed by atoms with Crippen LogP contribution in [0.3, 0.4) is 0 Å². The van der Waals surface area contributed by atoms with E-state index in [1.807, 2.05) is 0 Å². The Morgan fingerprint density at radius 1 is 1.27 bits per heavy atom. The molecule has 1 aromatic carbocycles. The number of sulfonamides is 1. The molecule has 3 rings (SSSR count). The molecule has 3 N–H and O–H groups in total. The Balaban J connectivity index is 1.93. The van der Waals surface area contributed by atoms with Gasteiger partial charge >= 0.3 is 6.18 Å². The molecule has 8 nitrogen and oxygen atoms in total. The molecular weight excluding hydrogens is 459 g/mol. The van der Waals surface area contributed by atoms with Gasteiger partial charge in [0.1, 0.15) is 11.4 Å². The quantitative estimate of drug-likeness (QED) is 0.572. The second-order valence-electron chi connectivity index (χ2n) is 8.83. The minimum Gasteiger partial charge on any atom is -0.388 e. The summed E-state index contributed by atoms with van der Waals surface area (Å²) in [4.78, 5) is 9.43. The van der Waals surface area contributed by atoms with Crippen LogP contribution in [-0.2, 0) is 16.2 Å². The fraction of sp³-hybridized carbons (Fsp3) is 0.524. The third kappa shape index (κ3) is 6.12. The van der Waals surface area contributed by atoms with Crippen LogP contribution in [0.25, 0.3) is 0 Å². The molecule has 1 aliphatic rings. The normalized spacial score (nSPS) is 19.7. The lowest BCUT2D eigenvalue weighted by molar-refractivity contribution is -0.137. The lowest BCUT2D eigenvalue weighted by Crippen LogP contribution is -2.47. The Bertz CT molecular complexity index is 1120. The first-order valence-corrected chi connectivity index (χ1v) is 12.0. The molecule has 0 bridgehead atoms. The van der Waals surface area contributed by atoms with Gasteiger partial charge in [-0.05, 0) is 64.3 Å². The van der Waals surface area contributed by atoms with Crippen molar-refractivity contribution in [2.24, 2.45) is 0 Å². The lowest BCUT2D eigenvalue weighted by Gasteiger charge is -2.38. The molecule has 1 unspecified atom stereocenters. The summed E-state index contributed by atoms with van der Waals surface area (Å²) in [5.74, 6) is -0.375. The fourth-order valence-corrected chi connectivity index (χ4v) is 5.05. The standard InChI is InChI=1S/C21H28F3N5O3S/c1-13(2)28-33(31,32)15-6-7-17(14(3)10-15)26-19-25-11-16(21(22,23)24)18(27-19)29-9-5-8-20(4,30)12-29/h6-7,10-11,13,28,30H,5,8-9,12H2,1-4H3,(H,25,26,27). The summed E-state index contributed by atoms with van der Waals surface area (Å²) >= 11 is 0. The fourth-order valence-electron chi connectivity index (χ4n) is 3.72. The van der Waals surface area contributed by atoms with Crippen molar-refractivity contribution < 1.29 is 26.7 Å². The maximum atomic E-state index is 13.6. The molecule has 182 valence electrons. The molecule has 0 radical (unpaired) electrons. The van der Waals surface area contributed by atoms with Crippen LogP contribution in [0.1, 0.15) is 44.7 Å². The maximum absolute atomic E-state index is 13.6. The number of alkyl halides is 3. The minimum absolute atomic E-state index is 0.0149. The molecule has 1 fully saturated rings. The van der Waals surface area contributed by atoms with E-state index in [4.69, 9.17) is 0 Å². The van der Waals surface area contributed by atoms with Gasteiger partial charge in [-0.1, -0.05) is 0 Å². The average Bonchev–Trinajstić information content (AvgIpc) is 2.67. The number of aromatic nitrogens is 2. The van der Waals surface area contributed by atoms with Crippen molar-refractivity contribution in [2.45, 2.75) is 63.3 Å². The van der Waals surface area contributed by atoms with Gasteiger partial charge in [-0.15, -0.1) is 0 Å². The van der Waals surface area contributed by atoms with Gasteiger partial charge in [-0.25, -0.2) is 18.1 Å². The van der Waals surface area contributed by atoms with Crippen molar-refractivity contribution in [2.75, 3.05) is 23.3 Å². The highest BCUT2D eigenvalue weighted by molar-refractivity contribution is 7.89. The Kier molecular flexibility index (Phi) is 6.92. The number of aliphatic hydroxyl groups is 1. The molecule has 33 heavy (non-hydrogen) atoms. The molecule has 1 aromatic heterocycles. The molecule has 0 spiro atoms. The van der Waals surface area contributed by atoms with Gasteiger partial charge in [-0.3, -0.25) is 0 Å². The number of nitrogens with one attached hydrogen (secondary N) is 2. The molecule has 1 atom stereocenters. The third-order valence-electron chi connectivity index (χ3n) is 5.19. The van der Waals surface area contributed by atoms with Gasteiger partial charge in [0.05, 0.1) is 10.5 Å². The van der Waals surface area contributed by atoms with E-state index < -0.39 is 27.4 Å². The largest absolute Gasteiger partial charge is 0.421 e. The predicted molar refractivity (Wildman–Crippen MR) is 119 cm³/mol. The summed E-state index contributed by atoms with van der Waals surface area (Å²) in [6.45, 7) is 7.01. The first-order chi connectivity index (χ1) is 15.2. The van der Waals surface area contributed by atoms with Crippen molar-refractivity contribution in [1.82, 2.24) is 14.7 Å². The highest BCUT2D eigenvalue weighted by Gasteiger charge is 2.39. The van der Waals surface area contributed by atoms with E-state index >= 15 is 0 Å². The molecule has 12 heteroatoms. The van der Waals surface area contributed by atoms with Crippen molar-refractivity contribution in [3.05, 3.63) is 35.5 Å². The maximum Gasteiger partial charge on any atom is 0.421 e. The van der Waals surface area contributed by atoms with Crippen LogP contribution in [0.5, 0.6) is 0 Å². The van der Waals surface area contributed by atoms with Gasteiger partial charge in [0, 0.05) is 31.0 Å². The smallest absolute Gasteiger partial charge is 0.388 e. The van der Waals surface area contributed by atoms with Crippen molar-refractivity contribution in [3.63, 3.8) is 0 Å². The van der Waals surface area contributed by atoms with E-state index in [1.165, 1.54) is 23.1 Å². The van der Waals surface area contributed by atoms with Crippen molar-refractivity contribution in [3.8, 4) is 0 Å². The summed E-state index contributed by atoms with van der Waals surface area (Å²) in [5.41, 5.74) is -1.10. The second-order valence-corrected chi connectivity index (χ2v) is 10.5. The number of nitrogens with zero attached hydrogens (tertiary/aromatic N) is 3. The highest BCUT2D eigenvalue weighted by Crippen LogP contribution is 2.37. The van der Waals surface area contributed by atoms with Crippen LogP contribution < -0.4 is 14.9 Å². The van der Waals surface area contributed by atoms with Gasteiger partial charge in [0.25, 0.3) is 0 Å². The summed E-state index contributed by atoms with van der Waals surface area (Å²) in [5, 5.41) is 13.2. The number of anilines is 3. The van der Waals surface area contributed by atoms with Crippen LogP contribution in [-0.4, -0.2) is 48.2 Å². The molecule has 1 aliphatic heterocycles. The molecule has 0 amide bonds. The number of hydrogen-bond donors (Lipinski definition) is 3. The third-order valence-corrected chi connectivity index (χ3v) is 6.85. The van der Waals surface area contributed by atoms with Crippen LogP contribution in [0.4, 0.5) is 30.6 Å². The molecule has 0 aliphatic carbocycles. The molecular formula is C21H28F3N5O3S. The van der Waals surface area contributed by atoms with E-state index in [9.17, 15) is 26.7 Å². The number of piperidine rings is 1. The Morgan fingerprint density at radius 3 is 2.55 bits per heavy atom. The van der Waals surface area contributed by atoms with Crippen LogP contribution in [0, 0.1) is 6.92 Å². The van der Waals surface area contributed by atoms with E-state index in [0.29, 0.717) is 36.8 Å². The summed E-state index contributed by atoms with van der Waals surface area (Å²) in [7, 11) is -3.69. The van der Waals surface area contributed by atoms with Crippen LogP contribution >= 0.6 is 0 Å². The monoisotopic (exact) mass is 487 g/mol. The molecule has 0 saturated carbocycles.